The molecule has 114 valence electrons. The molecule has 1 fully saturated rings. The highest BCUT2D eigenvalue weighted by Gasteiger charge is 2.24. The van der Waals surface area contributed by atoms with Crippen molar-refractivity contribution in [2.45, 2.75) is 25.4 Å². The van der Waals surface area contributed by atoms with Gasteiger partial charge in [-0.3, -0.25) is 4.79 Å². The van der Waals surface area contributed by atoms with Crippen LogP contribution in [-0.4, -0.2) is 49.2 Å². The maximum atomic E-state index is 11.2. The van der Waals surface area contributed by atoms with Crippen molar-refractivity contribution in [2.24, 2.45) is 10.8 Å². The van der Waals surface area contributed by atoms with Crippen molar-refractivity contribution in [1.82, 2.24) is 10.3 Å². The smallest absolute Gasteiger partial charge is 0.332 e. The Hall–Kier alpha value is -2.15. The summed E-state index contributed by atoms with van der Waals surface area (Å²) in [5.41, 5.74) is 8.15. The highest BCUT2D eigenvalue weighted by atomic mass is 16.5. The second-order valence-corrected chi connectivity index (χ2v) is 5.16. The van der Waals surface area contributed by atoms with Crippen LogP contribution in [-0.2, 0) is 9.53 Å². The Labute approximate surface area is 123 Å². The van der Waals surface area contributed by atoms with Crippen LogP contribution in [0.4, 0.5) is 4.79 Å². The van der Waals surface area contributed by atoms with Crippen LogP contribution in [0.15, 0.2) is 28.6 Å². The molecule has 21 heavy (non-hydrogen) atoms. The molecule has 2 aliphatic rings. The zero-order chi connectivity index (χ0) is 15.2. The number of allylic oxidation sites excluding steroid dienone is 4. The minimum Gasteiger partial charge on any atom is -0.488 e. The molecule has 7 nitrogen and oxygen atoms in total. The second kappa shape index (κ2) is 7.03. The van der Waals surface area contributed by atoms with E-state index in [1.165, 1.54) is 0 Å². The van der Waals surface area contributed by atoms with E-state index in [1.54, 1.807) is 12.2 Å². The van der Waals surface area contributed by atoms with Gasteiger partial charge < -0.3 is 15.4 Å². The van der Waals surface area contributed by atoms with Crippen LogP contribution < -0.4 is 11.2 Å². The molecule has 0 saturated carbocycles. The molecule has 1 heterocycles. The molecule has 7 heteroatoms. The third kappa shape index (κ3) is 4.16. The van der Waals surface area contributed by atoms with E-state index in [1.807, 2.05) is 0 Å². The predicted molar refractivity (Wildman–Crippen MR) is 78.6 cm³/mol. The van der Waals surface area contributed by atoms with E-state index in [0.717, 1.165) is 32.2 Å². The van der Waals surface area contributed by atoms with E-state index in [4.69, 9.17) is 10.5 Å². The fraction of sp³-hybridized carbons (Fsp3) is 0.500. The van der Waals surface area contributed by atoms with Crippen LogP contribution in [0, 0.1) is 0 Å². The van der Waals surface area contributed by atoms with Gasteiger partial charge in [0, 0.05) is 19.5 Å². The summed E-state index contributed by atoms with van der Waals surface area (Å²) in [4.78, 5) is 24.2. The monoisotopic (exact) mass is 292 g/mol. The summed E-state index contributed by atoms with van der Waals surface area (Å²) in [5.74, 6) is 0.441. The number of nitrogens with one attached hydrogen (secondary N) is 1. The molecule has 0 bridgehead atoms. The molecule has 1 aliphatic heterocycles. The van der Waals surface area contributed by atoms with Crippen LogP contribution in [0.25, 0.3) is 0 Å². The van der Waals surface area contributed by atoms with Crippen molar-refractivity contribution in [3.8, 4) is 0 Å². The number of hydrogen-bond acceptors (Lipinski definition) is 5. The molecule has 2 amide bonds. The molecule has 0 aromatic carbocycles. The number of aldehydes is 1. The minimum atomic E-state index is -0.747. The minimum absolute atomic E-state index is 0.0522. The number of carbonyl (C=O) groups is 2. The highest BCUT2D eigenvalue weighted by molar-refractivity contribution is 6.06. The van der Waals surface area contributed by atoms with Gasteiger partial charge in [-0.1, -0.05) is 12.2 Å². The number of likely N-dealkylation sites (tertiary alicyclic amines) is 1. The van der Waals surface area contributed by atoms with E-state index >= 15 is 0 Å². The average molecular weight is 292 g/mol. The fourth-order valence-electron chi connectivity index (χ4n) is 2.35. The van der Waals surface area contributed by atoms with E-state index in [2.05, 4.69) is 22.5 Å². The molecule has 0 atom stereocenters. The zero-order valence-electron chi connectivity index (χ0n) is 12.0. The van der Waals surface area contributed by atoms with E-state index in [9.17, 15) is 9.59 Å². The first kappa shape index (κ1) is 15.2. The Kier molecular flexibility index (Phi) is 5.10. The average Bonchev–Trinajstić information content (AvgIpc) is 2.48. The summed E-state index contributed by atoms with van der Waals surface area (Å²) in [6.07, 6.45) is 6.57. The van der Waals surface area contributed by atoms with Gasteiger partial charge in [-0.2, -0.15) is 5.10 Å². The lowest BCUT2D eigenvalue weighted by atomic mass is 10.0. The number of nitrogens with zero attached hydrogens (tertiary/aromatic N) is 2. The maximum absolute atomic E-state index is 11.2. The Morgan fingerprint density at radius 1 is 1.52 bits per heavy atom. The van der Waals surface area contributed by atoms with Crippen LogP contribution in [0.3, 0.4) is 0 Å². The second-order valence-electron chi connectivity index (χ2n) is 5.16. The number of piperidine rings is 1. The molecule has 3 N–H and O–H groups in total. The van der Waals surface area contributed by atoms with Gasteiger partial charge in [0.2, 0.25) is 0 Å². The lowest BCUT2D eigenvalue weighted by Crippen LogP contribution is -2.35. The molecular weight excluding hydrogens is 272 g/mol. The topological polar surface area (TPSA) is 97.0 Å². The number of hydrazone groups is 1. The number of amides is 2. The van der Waals surface area contributed by atoms with Gasteiger partial charge in [0.25, 0.3) is 0 Å². The SMILES string of the molecule is CN1CCC(OC2=C(C=O)C=CCC2=NNC(N)=O)CC1. The molecule has 0 aromatic heterocycles. The summed E-state index contributed by atoms with van der Waals surface area (Å²) in [6.45, 7) is 1.91. The van der Waals surface area contributed by atoms with Gasteiger partial charge in [0.1, 0.15) is 11.8 Å². The number of ether oxygens (including phenoxy) is 1. The molecule has 0 radical (unpaired) electrons. The first-order valence-corrected chi connectivity index (χ1v) is 6.93. The van der Waals surface area contributed by atoms with Gasteiger partial charge >= 0.3 is 6.03 Å². The number of carbonyl (C=O) groups excluding carboxylic acids is 2. The maximum Gasteiger partial charge on any atom is 0.332 e. The molecule has 0 unspecified atom stereocenters. The van der Waals surface area contributed by atoms with Crippen molar-refractivity contribution in [1.29, 1.82) is 0 Å². The molecular formula is C14H20N4O3. The molecule has 1 aliphatic carbocycles. The third-order valence-electron chi connectivity index (χ3n) is 3.51. The fourth-order valence-corrected chi connectivity index (χ4v) is 2.35. The van der Waals surface area contributed by atoms with Gasteiger partial charge in [-0.05, 0) is 19.9 Å². The van der Waals surface area contributed by atoms with Gasteiger partial charge in [0.05, 0.1) is 5.57 Å². The van der Waals surface area contributed by atoms with Gasteiger partial charge in [0.15, 0.2) is 12.0 Å². The van der Waals surface area contributed by atoms with Crippen molar-refractivity contribution >= 4 is 18.0 Å². The normalized spacial score (nSPS) is 22.4. The predicted octanol–water partition coefficient (Wildman–Crippen LogP) is 0.534. The third-order valence-corrected chi connectivity index (χ3v) is 3.51. The van der Waals surface area contributed by atoms with E-state index < -0.39 is 6.03 Å². The largest absolute Gasteiger partial charge is 0.488 e. The lowest BCUT2D eigenvalue weighted by molar-refractivity contribution is -0.104. The van der Waals surface area contributed by atoms with Crippen molar-refractivity contribution in [2.75, 3.05) is 20.1 Å². The number of hydrogen-bond donors (Lipinski definition) is 2. The zero-order valence-corrected chi connectivity index (χ0v) is 12.0. The van der Waals surface area contributed by atoms with Crippen molar-refractivity contribution < 1.29 is 14.3 Å². The number of urea groups is 1. The van der Waals surface area contributed by atoms with E-state index in [0.29, 0.717) is 23.5 Å². The number of primary amides is 1. The number of nitrogens with two attached hydrogens (primary N) is 1. The van der Waals surface area contributed by atoms with Crippen LogP contribution in [0.5, 0.6) is 0 Å². The summed E-state index contributed by atoms with van der Waals surface area (Å²) in [7, 11) is 2.07. The molecule has 1 saturated heterocycles. The summed E-state index contributed by atoms with van der Waals surface area (Å²) in [5, 5.41) is 3.93. The molecule has 0 spiro atoms. The Bertz CT molecular complexity index is 502. The lowest BCUT2D eigenvalue weighted by Gasteiger charge is -2.31. The molecule has 0 aromatic rings. The van der Waals surface area contributed by atoms with Crippen LogP contribution in [0.1, 0.15) is 19.3 Å². The summed E-state index contributed by atoms with van der Waals surface area (Å²) < 4.78 is 5.98. The first-order valence-electron chi connectivity index (χ1n) is 6.93. The Morgan fingerprint density at radius 3 is 2.86 bits per heavy atom. The van der Waals surface area contributed by atoms with E-state index in [-0.39, 0.29) is 6.10 Å². The number of rotatable bonds is 4. The Balaban J connectivity index is 2.14. The quantitative estimate of drug-likeness (QED) is 0.583. The first-order chi connectivity index (χ1) is 10.1. The van der Waals surface area contributed by atoms with Crippen LogP contribution in [0.2, 0.25) is 0 Å². The molecule has 2 rings (SSSR count). The summed E-state index contributed by atoms with van der Waals surface area (Å²) >= 11 is 0. The van der Waals surface area contributed by atoms with Crippen molar-refractivity contribution in [3.05, 3.63) is 23.5 Å². The Morgan fingerprint density at radius 2 is 2.24 bits per heavy atom. The van der Waals surface area contributed by atoms with Gasteiger partial charge in [-0.25, -0.2) is 10.2 Å². The highest BCUT2D eigenvalue weighted by Crippen LogP contribution is 2.22. The summed E-state index contributed by atoms with van der Waals surface area (Å²) in [6, 6.07) is -0.747. The standard InChI is InChI=1S/C14H20N4O3/c1-18-7-5-11(6-8-18)21-13-10(9-19)3-2-4-12(13)16-17-14(15)20/h2-3,9,11H,4-8H2,1H3,(H3,15,17,20). The van der Waals surface area contributed by atoms with Crippen molar-refractivity contribution in [3.63, 3.8) is 0 Å². The van der Waals surface area contributed by atoms with Gasteiger partial charge in [-0.15, -0.1) is 0 Å². The van der Waals surface area contributed by atoms with Crippen LogP contribution >= 0.6 is 0 Å².